The summed E-state index contributed by atoms with van der Waals surface area (Å²) in [5.41, 5.74) is 0. The van der Waals surface area contributed by atoms with E-state index in [2.05, 4.69) is 48.1 Å². The molecule has 3 heteroatoms. The van der Waals surface area contributed by atoms with Crippen LogP contribution < -0.4 is 5.32 Å². The smallest absolute Gasteiger partial charge is 0.169 e. The largest absolute Gasteiger partial charge is 0.453 e. The highest BCUT2D eigenvalue weighted by atomic mass is 79.9. The quantitative estimate of drug-likeness (QED) is 0.669. The standard InChI is InChI=1S/C15H26BrNO/c1-4-7-8-12(5-2)11-13(17-6-3)14-9-10-15(16)18-14/h9-10,12-13,17H,4-8,11H2,1-3H3. The van der Waals surface area contributed by atoms with Crippen molar-refractivity contribution in [1.29, 1.82) is 0 Å². The third-order valence-electron chi connectivity index (χ3n) is 3.50. The molecule has 0 aliphatic heterocycles. The van der Waals surface area contributed by atoms with Crippen molar-refractivity contribution in [2.45, 2.75) is 58.9 Å². The van der Waals surface area contributed by atoms with E-state index in [1.807, 2.05) is 6.07 Å². The number of unbranched alkanes of at least 4 members (excludes halogenated alkanes) is 1. The molecular formula is C15H26BrNO. The Morgan fingerprint density at radius 3 is 2.56 bits per heavy atom. The molecule has 0 saturated heterocycles. The molecule has 0 saturated carbocycles. The summed E-state index contributed by atoms with van der Waals surface area (Å²) in [4.78, 5) is 0. The van der Waals surface area contributed by atoms with Crippen molar-refractivity contribution in [3.63, 3.8) is 0 Å². The number of hydrogen-bond donors (Lipinski definition) is 1. The lowest BCUT2D eigenvalue weighted by Crippen LogP contribution is -2.23. The molecule has 2 unspecified atom stereocenters. The topological polar surface area (TPSA) is 25.2 Å². The monoisotopic (exact) mass is 315 g/mol. The van der Waals surface area contributed by atoms with Crippen molar-refractivity contribution in [3.05, 3.63) is 22.6 Å². The molecule has 104 valence electrons. The molecule has 0 bridgehead atoms. The number of hydrogen-bond acceptors (Lipinski definition) is 2. The van der Waals surface area contributed by atoms with Gasteiger partial charge in [0.15, 0.2) is 4.67 Å². The second-order valence-electron chi connectivity index (χ2n) is 4.90. The Kier molecular flexibility index (Phi) is 7.68. The summed E-state index contributed by atoms with van der Waals surface area (Å²) in [6, 6.07) is 4.40. The fourth-order valence-electron chi connectivity index (χ4n) is 2.38. The van der Waals surface area contributed by atoms with Crippen molar-refractivity contribution < 1.29 is 4.42 Å². The van der Waals surface area contributed by atoms with Crippen LogP contribution >= 0.6 is 15.9 Å². The molecule has 2 nitrogen and oxygen atoms in total. The molecule has 1 aromatic heterocycles. The molecule has 1 N–H and O–H groups in total. The van der Waals surface area contributed by atoms with E-state index in [0.29, 0.717) is 6.04 Å². The molecule has 0 fully saturated rings. The minimum atomic E-state index is 0.350. The highest BCUT2D eigenvalue weighted by molar-refractivity contribution is 9.10. The lowest BCUT2D eigenvalue weighted by molar-refractivity contribution is 0.318. The van der Waals surface area contributed by atoms with E-state index in [4.69, 9.17) is 4.42 Å². The van der Waals surface area contributed by atoms with E-state index in [1.165, 1.54) is 32.1 Å². The molecule has 0 amide bonds. The zero-order valence-corrected chi connectivity index (χ0v) is 13.4. The maximum Gasteiger partial charge on any atom is 0.169 e. The lowest BCUT2D eigenvalue weighted by atomic mass is 9.91. The Bertz CT molecular complexity index is 324. The highest BCUT2D eigenvalue weighted by Gasteiger charge is 2.18. The Labute approximate surface area is 120 Å². The zero-order chi connectivity index (χ0) is 13.4. The lowest BCUT2D eigenvalue weighted by Gasteiger charge is -2.22. The van der Waals surface area contributed by atoms with Gasteiger partial charge in [-0.15, -0.1) is 0 Å². The summed E-state index contributed by atoms with van der Waals surface area (Å²) in [6.45, 7) is 7.69. The van der Waals surface area contributed by atoms with E-state index < -0.39 is 0 Å². The van der Waals surface area contributed by atoms with Crippen LogP contribution in [0.15, 0.2) is 21.2 Å². The van der Waals surface area contributed by atoms with Crippen LogP contribution in [0.2, 0.25) is 0 Å². The summed E-state index contributed by atoms with van der Waals surface area (Å²) in [5, 5.41) is 3.54. The zero-order valence-electron chi connectivity index (χ0n) is 11.8. The fraction of sp³-hybridized carbons (Fsp3) is 0.733. The Balaban J connectivity index is 2.60. The molecule has 1 aromatic rings. The molecule has 0 aliphatic carbocycles. The van der Waals surface area contributed by atoms with Gasteiger partial charge in [-0.05, 0) is 46.9 Å². The highest BCUT2D eigenvalue weighted by Crippen LogP contribution is 2.29. The molecular weight excluding hydrogens is 290 g/mol. The number of nitrogens with one attached hydrogen (secondary N) is 1. The molecule has 2 atom stereocenters. The van der Waals surface area contributed by atoms with Crippen LogP contribution in [0.3, 0.4) is 0 Å². The summed E-state index contributed by atoms with van der Waals surface area (Å²) >= 11 is 3.38. The molecule has 0 radical (unpaired) electrons. The minimum absolute atomic E-state index is 0.350. The molecule has 0 aliphatic rings. The van der Waals surface area contributed by atoms with Gasteiger partial charge in [0.1, 0.15) is 5.76 Å². The summed E-state index contributed by atoms with van der Waals surface area (Å²) in [7, 11) is 0. The number of rotatable bonds is 9. The van der Waals surface area contributed by atoms with Crippen molar-refractivity contribution in [1.82, 2.24) is 5.32 Å². The molecule has 1 heterocycles. The molecule has 0 spiro atoms. The average molecular weight is 316 g/mol. The van der Waals surface area contributed by atoms with Crippen LogP contribution in [0.25, 0.3) is 0 Å². The van der Waals surface area contributed by atoms with Gasteiger partial charge in [0.25, 0.3) is 0 Å². The molecule has 0 aromatic carbocycles. The van der Waals surface area contributed by atoms with Crippen molar-refractivity contribution in [2.75, 3.05) is 6.54 Å². The summed E-state index contributed by atoms with van der Waals surface area (Å²) in [6.07, 6.45) is 6.37. The first kappa shape index (κ1) is 15.8. The van der Waals surface area contributed by atoms with Gasteiger partial charge < -0.3 is 9.73 Å². The minimum Gasteiger partial charge on any atom is -0.453 e. The van der Waals surface area contributed by atoms with E-state index in [0.717, 1.165) is 22.9 Å². The third-order valence-corrected chi connectivity index (χ3v) is 3.93. The normalized spacial score (nSPS) is 14.7. The first-order valence-electron chi connectivity index (χ1n) is 7.19. The maximum atomic E-state index is 5.70. The van der Waals surface area contributed by atoms with Gasteiger partial charge in [-0.1, -0.05) is 46.5 Å². The number of halogens is 1. The Hall–Kier alpha value is -0.280. The second-order valence-corrected chi connectivity index (χ2v) is 5.69. The Morgan fingerprint density at radius 2 is 2.06 bits per heavy atom. The van der Waals surface area contributed by atoms with Crippen LogP contribution in [-0.4, -0.2) is 6.54 Å². The first-order valence-corrected chi connectivity index (χ1v) is 7.99. The van der Waals surface area contributed by atoms with Gasteiger partial charge in [0.05, 0.1) is 6.04 Å². The fourth-order valence-corrected chi connectivity index (χ4v) is 2.70. The van der Waals surface area contributed by atoms with E-state index >= 15 is 0 Å². The van der Waals surface area contributed by atoms with Crippen LogP contribution in [0, 0.1) is 5.92 Å². The third kappa shape index (κ3) is 5.15. The first-order chi connectivity index (χ1) is 8.71. The van der Waals surface area contributed by atoms with Gasteiger partial charge in [-0.3, -0.25) is 0 Å². The molecule has 18 heavy (non-hydrogen) atoms. The van der Waals surface area contributed by atoms with E-state index in [9.17, 15) is 0 Å². The van der Waals surface area contributed by atoms with Crippen molar-refractivity contribution >= 4 is 15.9 Å². The van der Waals surface area contributed by atoms with Gasteiger partial charge in [0.2, 0.25) is 0 Å². The van der Waals surface area contributed by atoms with Crippen LogP contribution in [0.5, 0.6) is 0 Å². The van der Waals surface area contributed by atoms with Crippen LogP contribution in [-0.2, 0) is 0 Å². The van der Waals surface area contributed by atoms with Gasteiger partial charge in [-0.25, -0.2) is 0 Å². The van der Waals surface area contributed by atoms with Crippen LogP contribution in [0.4, 0.5) is 0 Å². The van der Waals surface area contributed by atoms with E-state index in [1.54, 1.807) is 0 Å². The van der Waals surface area contributed by atoms with Gasteiger partial charge >= 0.3 is 0 Å². The summed E-state index contributed by atoms with van der Waals surface area (Å²) < 4.78 is 6.52. The maximum absolute atomic E-state index is 5.70. The average Bonchev–Trinajstić information content (AvgIpc) is 2.80. The van der Waals surface area contributed by atoms with Gasteiger partial charge in [0, 0.05) is 0 Å². The SMILES string of the molecule is CCCCC(CC)CC(NCC)c1ccc(Br)o1. The Morgan fingerprint density at radius 1 is 1.28 bits per heavy atom. The predicted molar refractivity (Wildman–Crippen MR) is 80.7 cm³/mol. The predicted octanol–water partition coefficient (Wildman–Crippen LogP) is 5.30. The summed E-state index contributed by atoms with van der Waals surface area (Å²) in [5.74, 6) is 1.84. The second kappa shape index (κ2) is 8.76. The van der Waals surface area contributed by atoms with Crippen molar-refractivity contribution in [2.24, 2.45) is 5.92 Å². The molecule has 1 rings (SSSR count). The number of furan rings is 1. The van der Waals surface area contributed by atoms with Gasteiger partial charge in [-0.2, -0.15) is 0 Å². The van der Waals surface area contributed by atoms with E-state index in [-0.39, 0.29) is 0 Å². The van der Waals surface area contributed by atoms with Crippen LogP contribution in [0.1, 0.15) is 64.7 Å². The van der Waals surface area contributed by atoms with Crippen molar-refractivity contribution in [3.8, 4) is 0 Å².